The molecule has 0 saturated heterocycles. The van der Waals surface area contributed by atoms with Crippen LogP contribution < -0.4 is 14.8 Å². The highest BCUT2D eigenvalue weighted by Gasteiger charge is 2.18. The topological polar surface area (TPSA) is 47.6 Å². The summed E-state index contributed by atoms with van der Waals surface area (Å²) in [4.78, 5) is 13.2. The van der Waals surface area contributed by atoms with Gasteiger partial charge in [-0.15, -0.1) is 0 Å². The monoisotopic (exact) mass is 387 g/mol. The largest absolute Gasteiger partial charge is 0.497 e. The van der Waals surface area contributed by atoms with Crippen molar-refractivity contribution in [3.63, 3.8) is 0 Å². The molecule has 3 aromatic carbocycles. The molecule has 1 N–H and O–H groups in total. The van der Waals surface area contributed by atoms with Crippen molar-refractivity contribution >= 4 is 17.6 Å². The highest BCUT2D eigenvalue weighted by Crippen LogP contribution is 2.26. The molecule has 0 radical (unpaired) electrons. The Morgan fingerprint density at radius 2 is 1.52 bits per heavy atom. The van der Waals surface area contributed by atoms with Gasteiger partial charge in [-0.2, -0.15) is 0 Å². The molecule has 29 heavy (non-hydrogen) atoms. The van der Waals surface area contributed by atoms with E-state index >= 15 is 0 Å². The Morgan fingerprint density at radius 3 is 2.17 bits per heavy atom. The van der Waals surface area contributed by atoms with Gasteiger partial charge in [0, 0.05) is 11.1 Å². The molecule has 0 aliphatic carbocycles. The van der Waals surface area contributed by atoms with E-state index < -0.39 is 0 Å². The van der Waals surface area contributed by atoms with E-state index in [4.69, 9.17) is 9.47 Å². The van der Waals surface area contributed by atoms with Crippen LogP contribution in [0.2, 0.25) is 0 Å². The lowest BCUT2D eigenvalue weighted by atomic mass is 10.0. The fraction of sp³-hybridized carbons (Fsp3) is 0.160. The normalized spacial score (nSPS) is 12.2. The first-order chi connectivity index (χ1) is 14.1. The van der Waals surface area contributed by atoms with Gasteiger partial charge in [0.2, 0.25) is 0 Å². The molecule has 0 spiro atoms. The molecule has 0 aliphatic rings. The van der Waals surface area contributed by atoms with E-state index in [0.29, 0.717) is 5.57 Å². The van der Waals surface area contributed by atoms with Gasteiger partial charge >= 0.3 is 0 Å². The summed E-state index contributed by atoms with van der Waals surface area (Å²) in [5.41, 5.74) is 3.30. The number of nitrogens with one attached hydrogen (secondary N) is 1. The van der Waals surface area contributed by atoms with E-state index in [0.717, 1.165) is 28.2 Å². The lowest BCUT2D eigenvalue weighted by Gasteiger charge is -2.18. The fourth-order valence-corrected chi connectivity index (χ4v) is 3.14. The zero-order chi connectivity index (χ0) is 20.6. The molecule has 3 aromatic rings. The number of para-hydroxylation sites is 1. The van der Waals surface area contributed by atoms with Crippen LogP contribution in [0.25, 0.3) is 11.6 Å². The van der Waals surface area contributed by atoms with Gasteiger partial charge in [0.25, 0.3) is 5.91 Å². The first kappa shape index (κ1) is 20.2. The van der Waals surface area contributed by atoms with Crippen molar-refractivity contribution in [1.29, 1.82) is 0 Å². The maximum absolute atomic E-state index is 13.2. The van der Waals surface area contributed by atoms with E-state index in [1.807, 2.05) is 91.9 Å². The number of ether oxygens (including phenoxy) is 2. The minimum absolute atomic E-state index is 0.148. The van der Waals surface area contributed by atoms with Crippen LogP contribution in [0.4, 0.5) is 0 Å². The highest BCUT2D eigenvalue weighted by molar-refractivity contribution is 6.24. The molecular weight excluding hydrogens is 362 g/mol. The van der Waals surface area contributed by atoms with Gasteiger partial charge in [-0.3, -0.25) is 4.79 Å². The molecule has 4 heteroatoms. The number of hydrogen-bond donors (Lipinski definition) is 1. The zero-order valence-electron chi connectivity index (χ0n) is 16.9. The predicted molar refractivity (Wildman–Crippen MR) is 117 cm³/mol. The Morgan fingerprint density at radius 1 is 0.862 bits per heavy atom. The lowest BCUT2D eigenvalue weighted by molar-refractivity contribution is -0.116. The molecule has 1 amide bonds. The molecule has 1 atom stereocenters. The predicted octanol–water partition coefficient (Wildman–Crippen LogP) is 5.12. The SMILES string of the molecule is COc1ccc(/C=C(/C(=O)N[C@@H](C)c2ccccc2OC)c2ccccc2)cc1. The summed E-state index contributed by atoms with van der Waals surface area (Å²) in [5, 5.41) is 3.10. The number of carbonyl (C=O) groups is 1. The first-order valence-electron chi connectivity index (χ1n) is 9.47. The zero-order valence-corrected chi connectivity index (χ0v) is 16.9. The average molecular weight is 387 g/mol. The quantitative estimate of drug-likeness (QED) is 0.452. The minimum atomic E-state index is -0.207. The van der Waals surface area contributed by atoms with Crippen molar-refractivity contribution in [3.05, 3.63) is 95.6 Å². The third kappa shape index (κ3) is 5.05. The van der Waals surface area contributed by atoms with Crippen molar-refractivity contribution in [1.82, 2.24) is 5.32 Å². The third-order valence-corrected chi connectivity index (χ3v) is 4.71. The molecule has 0 saturated carbocycles. The molecule has 4 nitrogen and oxygen atoms in total. The summed E-state index contributed by atoms with van der Waals surface area (Å²) < 4.78 is 10.7. The van der Waals surface area contributed by atoms with Gasteiger partial charge in [-0.05, 0) is 42.3 Å². The van der Waals surface area contributed by atoms with E-state index in [2.05, 4.69) is 5.32 Å². The molecule has 0 heterocycles. The second-order valence-electron chi connectivity index (χ2n) is 6.63. The smallest absolute Gasteiger partial charge is 0.252 e. The van der Waals surface area contributed by atoms with E-state index in [-0.39, 0.29) is 11.9 Å². The van der Waals surface area contributed by atoms with E-state index in [1.165, 1.54) is 0 Å². The van der Waals surface area contributed by atoms with Gasteiger partial charge < -0.3 is 14.8 Å². The second-order valence-corrected chi connectivity index (χ2v) is 6.63. The number of methoxy groups -OCH3 is 2. The molecule has 3 rings (SSSR count). The Kier molecular flexibility index (Phi) is 6.69. The molecular formula is C25H25NO3. The van der Waals surface area contributed by atoms with Crippen LogP contribution in [-0.4, -0.2) is 20.1 Å². The third-order valence-electron chi connectivity index (χ3n) is 4.71. The van der Waals surface area contributed by atoms with Gasteiger partial charge in [0.15, 0.2) is 0 Å². The van der Waals surface area contributed by atoms with Crippen LogP contribution in [0.3, 0.4) is 0 Å². The Hall–Kier alpha value is -3.53. The maximum atomic E-state index is 13.2. The molecule has 0 fully saturated rings. The number of rotatable bonds is 7. The molecule has 0 unspecified atom stereocenters. The Labute approximate surface area is 171 Å². The van der Waals surface area contributed by atoms with Crippen LogP contribution in [0.15, 0.2) is 78.9 Å². The first-order valence-corrected chi connectivity index (χ1v) is 9.47. The van der Waals surface area contributed by atoms with Gasteiger partial charge in [-0.1, -0.05) is 60.7 Å². The Bertz CT molecular complexity index is 978. The fourth-order valence-electron chi connectivity index (χ4n) is 3.14. The van der Waals surface area contributed by atoms with Gasteiger partial charge in [0.1, 0.15) is 11.5 Å². The van der Waals surface area contributed by atoms with Crippen LogP contribution >= 0.6 is 0 Å². The Balaban J connectivity index is 1.91. The molecule has 0 bridgehead atoms. The van der Waals surface area contributed by atoms with Crippen LogP contribution in [-0.2, 0) is 4.79 Å². The van der Waals surface area contributed by atoms with Crippen molar-refractivity contribution in [2.75, 3.05) is 14.2 Å². The highest BCUT2D eigenvalue weighted by atomic mass is 16.5. The molecule has 0 aliphatic heterocycles. The van der Waals surface area contributed by atoms with Crippen molar-refractivity contribution in [2.45, 2.75) is 13.0 Å². The van der Waals surface area contributed by atoms with Crippen molar-refractivity contribution in [3.8, 4) is 11.5 Å². The summed E-state index contributed by atoms with van der Waals surface area (Å²) in [5.74, 6) is 1.38. The van der Waals surface area contributed by atoms with Crippen LogP contribution in [0.1, 0.15) is 29.7 Å². The number of amides is 1. The summed E-state index contributed by atoms with van der Waals surface area (Å²) in [6.45, 7) is 1.95. The molecule has 148 valence electrons. The number of benzene rings is 3. The number of hydrogen-bond acceptors (Lipinski definition) is 3. The average Bonchev–Trinajstić information content (AvgIpc) is 2.78. The summed E-state index contributed by atoms with van der Waals surface area (Å²) in [6, 6.07) is 24.8. The summed E-state index contributed by atoms with van der Waals surface area (Å²) >= 11 is 0. The maximum Gasteiger partial charge on any atom is 0.252 e. The molecule has 0 aromatic heterocycles. The van der Waals surface area contributed by atoms with Crippen molar-refractivity contribution in [2.24, 2.45) is 0 Å². The van der Waals surface area contributed by atoms with Crippen LogP contribution in [0, 0.1) is 0 Å². The standard InChI is InChI=1S/C25H25NO3/c1-18(22-11-7-8-12-24(22)29-3)26-25(27)23(20-9-5-4-6-10-20)17-19-13-15-21(28-2)16-14-19/h4-18H,1-3H3,(H,26,27)/b23-17+/t18-/m0/s1. The summed E-state index contributed by atoms with van der Waals surface area (Å²) in [7, 11) is 3.26. The van der Waals surface area contributed by atoms with Gasteiger partial charge in [0.05, 0.1) is 20.3 Å². The lowest BCUT2D eigenvalue weighted by Crippen LogP contribution is -2.27. The van der Waals surface area contributed by atoms with Crippen molar-refractivity contribution < 1.29 is 14.3 Å². The second kappa shape index (κ2) is 9.60. The number of carbonyl (C=O) groups excluding carboxylic acids is 1. The van der Waals surface area contributed by atoms with E-state index in [9.17, 15) is 4.79 Å². The summed E-state index contributed by atoms with van der Waals surface area (Å²) in [6.07, 6.45) is 1.89. The van der Waals surface area contributed by atoms with Gasteiger partial charge in [-0.25, -0.2) is 0 Å². The van der Waals surface area contributed by atoms with E-state index in [1.54, 1.807) is 14.2 Å². The van der Waals surface area contributed by atoms with Crippen LogP contribution in [0.5, 0.6) is 11.5 Å². The minimum Gasteiger partial charge on any atom is -0.497 e.